The summed E-state index contributed by atoms with van der Waals surface area (Å²) in [6, 6.07) is 0. The van der Waals surface area contributed by atoms with Crippen molar-refractivity contribution in [2.75, 3.05) is 6.61 Å². The van der Waals surface area contributed by atoms with Crippen LogP contribution in [-0.2, 0) is 4.74 Å². The first kappa shape index (κ1) is 11.7. The first-order chi connectivity index (χ1) is 5.48. The topological polar surface area (TPSA) is 29.5 Å². The molecule has 0 rings (SSSR count). The minimum Gasteiger partial charge on any atom is -0.388 e. The van der Waals surface area contributed by atoms with E-state index in [2.05, 4.69) is 6.58 Å². The van der Waals surface area contributed by atoms with E-state index in [0.29, 0.717) is 13.0 Å². The molecule has 0 radical (unpaired) electrons. The molecule has 0 aliphatic heterocycles. The van der Waals surface area contributed by atoms with Crippen molar-refractivity contribution in [3.8, 4) is 0 Å². The molecule has 72 valence electrons. The van der Waals surface area contributed by atoms with Crippen LogP contribution in [0.2, 0.25) is 0 Å². The van der Waals surface area contributed by atoms with Gasteiger partial charge in [0.05, 0.1) is 18.3 Å². The summed E-state index contributed by atoms with van der Waals surface area (Å²) in [5.74, 6) is 0. The molecule has 1 N–H and O–H groups in total. The molecule has 0 aliphatic rings. The maximum absolute atomic E-state index is 9.72. The molecular formula is C10H20O2. The predicted octanol–water partition coefficient (Wildman–Crippen LogP) is 2.13. The summed E-state index contributed by atoms with van der Waals surface area (Å²) in [6.45, 7) is 9.72. The summed E-state index contributed by atoms with van der Waals surface area (Å²) in [6.07, 6.45) is 3.53. The minimum absolute atomic E-state index is 0.181. The summed E-state index contributed by atoms with van der Waals surface area (Å²) in [5, 5.41) is 9.72. The average Bonchev–Trinajstić information content (AvgIpc) is 1.98. The van der Waals surface area contributed by atoms with Crippen molar-refractivity contribution in [3.63, 3.8) is 0 Å². The maximum atomic E-state index is 9.72. The molecule has 2 heteroatoms. The Bertz CT molecular complexity index is 128. The first-order valence-corrected chi connectivity index (χ1v) is 4.43. The second-order valence-electron chi connectivity index (χ2n) is 3.68. The normalized spacial score (nSPS) is 16.1. The van der Waals surface area contributed by atoms with Crippen molar-refractivity contribution in [3.05, 3.63) is 12.7 Å². The van der Waals surface area contributed by atoms with E-state index in [-0.39, 0.29) is 6.10 Å². The van der Waals surface area contributed by atoms with Crippen LogP contribution in [0.5, 0.6) is 0 Å². The molecular weight excluding hydrogens is 152 g/mol. The van der Waals surface area contributed by atoms with Crippen molar-refractivity contribution in [1.82, 2.24) is 0 Å². The molecule has 0 fully saturated rings. The van der Waals surface area contributed by atoms with Gasteiger partial charge in [0.1, 0.15) is 0 Å². The zero-order valence-electron chi connectivity index (χ0n) is 8.34. The lowest BCUT2D eigenvalue weighted by Gasteiger charge is -2.23. The summed E-state index contributed by atoms with van der Waals surface area (Å²) < 4.78 is 5.32. The Morgan fingerprint density at radius 2 is 2.17 bits per heavy atom. The Morgan fingerprint density at radius 3 is 2.58 bits per heavy atom. The third kappa shape index (κ3) is 6.38. The molecule has 0 aromatic rings. The highest BCUT2D eigenvalue weighted by molar-refractivity contribution is 4.77. The second kappa shape index (κ2) is 5.33. The van der Waals surface area contributed by atoms with Gasteiger partial charge in [-0.1, -0.05) is 6.08 Å². The van der Waals surface area contributed by atoms with Crippen LogP contribution in [0.1, 0.15) is 33.6 Å². The van der Waals surface area contributed by atoms with Gasteiger partial charge in [0.15, 0.2) is 0 Å². The molecule has 0 bridgehead atoms. The molecule has 2 nitrogen and oxygen atoms in total. The fourth-order valence-electron chi connectivity index (χ4n) is 0.831. The number of rotatable bonds is 6. The first-order valence-electron chi connectivity index (χ1n) is 4.43. The van der Waals surface area contributed by atoms with Crippen LogP contribution in [0.15, 0.2) is 12.7 Å². The highest BCUT2D eigenvalue weighted by Gasteiger charge is 2.19. The van der Waals surface area contributed by atoms with Gasteiger partial charge in [-0.3, -0.25) is 0 Å². The van der Waals surface area contributed by atoms with Gasteiger partial charge in [-0.25, -0.2) is 0 Å². The summed E-state index contributed by atoms with van der Waals surface area (Å²) >= 11 is 0. The van der Waals surface area contributed by atoms with Gasteiger partial charge in [-0.2, -0.15) is 0 Å². The molecule has 1 atom stereocenters. The molecule has 0 amide bonds. The van der Waals surface area contributed by atoms with Crippen LogP contribution in [0.3, 0.4) is 0 Å². The molecule has 12 heavy (non-hydrogen) atoms. The average molecular weight is 172 g/mol. The monoisotopic (exact) mass is 172 g/mol. The molecule has 0 saturated heterocycles. The van der Waals surface area contributed by atoms with Gasteiger partial charge in [0.25, 0.3) is 0 Å². The van der Waals surface area contributed by atoms with Gasteiger partial charge in [-0.05, 0) is 33.6 Å². The van der Waals surface area contributed by atoms with E-state index < -0.39 is 5.60 Å². The maximum Gasteiger partial charge on any atom is 0.0855 e. The number of hydrogen-bond donors (Lipinski definition) is 1. The van der Waals surface area contributed by atoms with Crippen LogP contribution in [0.25, 0.3) is 0 Å². The number of allylic oxidation sites excluding steroid dienone is 1. The third-order valence-corrected chi connectivity index (χ3v) is 1.61. The summed E-state index contributed by atoms with van der Waals surface area (Å²) in [7, 11) is 0. The van der Waals surface area contributed by atoms with E-state index in [1.807, 2.05) is 19.9 Å². The van der Waals surface area contributed by atoms with E-state index in [0.717, 1.165) is 6.42 Å². The van der Waals surface area contributed by atoms with Gasteiger partial charge in [0, 0.05) is 0 Å². The van der Waals surface area contributed by atoms with Gasteiger partial charge < -0.3 is 9.84 Å². The summed E-state index contributed by atoms with van der Waals surface area (Å²) in [4.78, 5) is 0. The minimum atomic E-state index is -0.710. The second-order valence-corrected chi connectivity index (χ2v) is 3.68. The van der Waals surface area contributed by atoms with Crippen molar-refractivity contribution >= 4 is 0 Å². The van der Waals surface area contributed by atoms with Crippen LogP contribution in [0, 0.1) is 0 Å². The smallest absolute Gasteiger partial charge is 0.0855 e. The van der Waals surface area contributed by atoms with Crippen LogP contribution >= 0.6 is 0 Å². The predicted molar refractivity (Wildman–Crippen MR) is 51.1 cm³/mol. The fourth-order valence-corrected chi connectivity index (χ4v) is 0.831. The molecule has 1 unspecified atom stereocenters. The quantitative estimate of drug-likeness (QED) is 0.622. The Kier molecular flexibility index (Phi) is 5.18. The Morgan fingerprint density at radius 1 is 1.58 bits per heavy atom. The highest BCUT2D eigenvalue weighted by Crippen LogP contribution is 2.13. The third-order valence-electron chi connectivity index (χ3n) is 1.61. The molecule has 0 spiro atoms. The van der Waals surface area contributed by atoms with Gasteiger partial charge in [0.2, 0.25) is 0 Å². The van der Waals surface area contributed by atoms with Crippen molar-refractivity contribution in [2.24, 2.45) is 0 Å². The van der Waals surface area contributed by atoms with E-state index in [1.54, 1.807) is 6.92 Å². The SMILES string of the molecule is C=CCCC(C)(O)COC(C)C. The Labute approximate surface area is 75.2 Å². The lowest BCUT2D eigenvalue weighted by molar-refractivity contribution is -0.0572. The van der Waals surface area contributed by atoms with E-state index in [1.165, 1.54) is 0 Å². The Hall–Kier alpha value is -0.340. The van der Waals surface area contributed by atoms with Crippen LogP contribution < -0.4 is 0 Å². The summed E-state index contributed by atoms with van der Waals surface area (Å²) in [5.41, 5.74) is -0.710. The van der Waals surface area contributed by atoms with E-state index in [9.17, 15) is 5.11 Å². The molecule has 0 aromatic heterocycles. The molecule has 0 saturated carbocycles. The number of aliphatic hydroxyl groups is 1. The zero-order chi connectivity index (χ0) is 9.61. The van der Waals surface area contributed by atoms with E-state index >= 15 is 0 Å². The van der Waals surface area contributed by atoms with E-state index in [4.69, 9.17) is 4.74 Å². The largest absolute Gasteiger partial charge is 0.388 e. The lowest BCUT2D eigenvalue weighted by atomic mass is 10.0. The number of ether oxygens (including phenoxy) is 1. The Balaban J connectivity index is 3.62. The van der Waals surface area contributed by atoms with Gasteiger partial charge >= 0.3 is 0 Å². The van der Waals surface area contributed by atoms with Crippen LogP contribution in [-0.4, -0.2) is 23.4 Å². The lowest BCUT2D eigenvalue weighted by Crippen LogP contribution is -2.31. The van der Waals surface area contributed by atoms with Crippen molar-refractivity contribution < 1.29 is 9.84 Å². The standard InChI is InChI=1S/C10H20O2/c1-5-6-7-10(4,11)8-12-9(2)3/h5,9,11H,1,6-8H2,2-4H3. The van der Waals surface area contributed by atoms with Gasteiger partial charge in [-0.15, -0.1) is 6.58 Å². The molecule has 0 heterocycles. The number of hydrogen-bond acceptors (Lipinski definition) is 2. The van der Waals surface area contributed by atoms with Crippen molar-refractivity contribution in [2.45, 2.75) is 45.3 Å². The fraction of sp³-hybridized carbons (Fsp3) is 0.800. The molecule has 0 aliphatic carbocycles. The zero-order valence-corrected chi connectivity index (χ0v) is 8.34. The van der Waals surface area contributed by atoms with Crippen LogP contribution in [0.4, 0.5) is 0 Å². The molecule has 0 aromatic carbocycles. The highest BCUT2D eigenvalue weighted by atomic mass is 16.5. The van der Waals surface area contributed by atoms with Crippen molar-refractivity contribution in [1.29, 1.82) is 0 Å².